The van der Waals surface area contributed by atoms with Gasteiger partial charge in [0.15, 0.2) is 0 Å². The topological polar surface area (TPSA) is 73.7 Å². The summed E-state index contributed by atoms with van der Waals surface area (Å²) < 4.78 is 0. The number of benzene rings is 1. The Balaban J connectivity index is 1.88. The highest BCUT2D eigenvalue weighted by Gasteiger charge is 2.23. The van der Waals surface area contributed by atoms with E-state index in [1.807, 2.05) is 0 Å². The summed E-state index contributed by atoms with van der Waals surface area (Å²) in [6.07, 6.45) is 1.79. The third-order valence-corrected chi connectivity index (χ3v) is 3.62. The van der Waals surface area contributed by atoms with Gasteiger partial charge in [-0.1, -0.05) is 0 Å². The summed E-state index contributed by atoms with van der Waals surface area (Å²) in [5.41, 5.74) is 3.75. The zero-order chi connectivity index (χ0) is 14.3. The minimum Gasteiger partial charge on any atom is -0.506 e. The summed E-state index contributed by atoms with van der Waals surface area (Å²) in [5.74, 6) is -0.675. The number of aromatic carboxylic acids is 1. The van der Waals surface area contributed by atoms with Gasteiger partial charge in [0, 0.05) is 30.5 Å². The second-order valence-corrected chi connectivity index (χ2v) is 4.90. The minimum absolute atomic E-state index is 0.257. The Morgan fingerprint density at radius 3 is 2.60 bits per heavy atom. The van der Waals surface area contributed by atoms with E-state index in [0.29, 0.717) is 18.8 Å². The molecule has 0 bridgehead atoms. The molecule has 1 aromatic carbocycles. The number of carboxylic acid groups (broad SMARTS) is 1. The van der Waals surface area contributed by atoms with Gasteiger partial charge >= 0.3 is 5.97 Å². The minimum atomic E-state index is -0.932. The van der Waals surface area contributed by atoms with Crippen LogP contribution in [0, 0.1) is 6.92 Å². The molecular formula is C15H14N2O3. The van der Waals surface area contributed by atoms with Gasteiger partial charge in [-0.25, -0.2) is 4.79 Å². The molecule has 3 rings (SSSR count). The molecule has 102 valence electrons. The second-order valence-electron chi connectivity index (χ2n) is 4.90. The van der Waals surface area contributed by atoms with Crippen molar-refractivity contribution in [3.63, 3.8) is 0 Å². The number of rotatable bonds is 2. The molecule has 1 aliphatic heterocycles. The summed E-state index contributed by atoms with van der Waals surface area (Å²) >= 11 is 0. The van der Waals surface area contributed by atoms with E-state index in [1.165, 1.54) is 0 Å². The van der Waals surface area contributed by atoms with Crippen molar-refractivity contribution in [1.29, 1.82) is 0 Å². The van der Waals surface area contributed by atoms with E-state index in [9.17, 15) is 9.90 Å². The fraction of sp³-hybridized carbons (Fsp3) is 0.200. The standard InChI is InChI=1S/C15H14N2O3/c1-9-14(18)13-8-17(7-11(13)6-16-9)12-4-2-10(3-5-12)15(19)20/h2-6,18H,7-8H2,1H3,(H,19,20). The lowest BCUT2D eigenvalue weighted by Gasteiger charge is -2.17. The molecule has 0 atom stereocenters. The van der Waals surface area contributed by atoms with E-state index in [0.717, 1.165) is 16.8 Å². The molecule has 0 fully saturated rings. The highest BCUT2D eigenvalue weighted by atomic mass is 16.4. The van der Waals surface area contributed by atoms with Crippen molar-refractivity contribution in [2.24, 2.45) is 0 Å². The van der Waals surface area contributed by atoms with Gasteiger partial charge in [0.25, 0.3) is 0 Å². The lowest BCUT2D eigenvalue weighted by Crippen LogP contribution is -2.14. The molecule has 0 amide bonds. The SMILES string of the molecule is Cc1ncc2c(c1O)CN(c1ccc(C(=O)O)cc1)C2. The molecule has 2 aromatic rings. The van der Waals surface area contributed by atoms with Crippen LogP contribution in [0.4, 0.5) is 5.69 Å². The first-order chi connectivity index (χ1) is 9.56. The van der Waals surface area contributed by atoms with E-state index in [4.69, 9.17) is 5.11 Å². The predicted molar refractivity (Wildman–Crippen MR) is 73.9 cm³/mol. The van der Waals surface area contributed by atoms with Crippen molar-refractivity contribution in [1.82, 2.24) is 4.98 Å². The second kappa shape index (κ2) is 4.52. The molecular weight excluding hydrogens is 256 g/mol. The highest BCUT2D eigenvalue weighted by Crippen LogP contribution is 2.34. The zero-order valence-corrected chi connectivity index (χ0v) is 11.0. The first kappa shape index (κ1) is 12.5. The Hall–Kier alpha value is -2.56. The fourth-order valence-corrected chi connectivity index (χ4v) is 2.45. The van der Waals surface area contributed by atoms with E-state index < -0.39 is 5.97 Å². The monoisotopic (exact) mass is 270 g/mol. The van der Waals surface area contributed by atoms with Gasteiger partial charge in [-0.05, 0) is 36.8 Å². The van der Waals surface area contributed by atoms with Crippen LogP contribution in [0.3, 0.4) is 0 Å². The summed E-state index contributed by atoms with van der Waals surface area (Å²) in [6.45, 7) is 3.06. The summed E-state index contributed by atoms with van der Waals surface area (Å²) in [5, 5.41) is 18.9. The molecule has 0 aliphatic carbocycles. The fourth-order valence-electron chi connectivity index (χ4n) is 2.45. The average Bonchev–Trinajstić information content (AvgIpc) is 2.88. The first-order valence-electron chi connectivity index (χ1n) is 6.31. The number of carboxylic acids is 1. The zero-order valence-electron chi connectivity index (χ0n) is 11.0. The van der Waals surface area contributed by atoms with Gasteiger partial charge in [-0.3, -0.25) is 4.98 Å². The maximum atomic E-state index is 10.8. The smallest absolute Gasteiger partial charge is 0.335 e. The van der Waals surface area contributed by atoms with Crippen molar-refractivity contribution in [2.45, 2.75) is 20.0 Å². The maximum absolute atomic E-state index is 10.8. The Bertz CT molecular complexity index is 680. The van der Waals surface area contributed by atoms with Crippen LogP contribution >= 0.6 is 0 Å². The van der Waals surface area contributed by atoms with Crippen LogP contribution in [0.15, 0.2) is 30.5 Å². The highest BCUT2D eigenvalue weighted by molar-refractivity contribution is 5.88. The molecule has 0 unspecified atom stereocenters. The molecule has 1 aliphatic rings. The third kappa shape index (κ3) is 1.97. The first-order valence-corrected chi connectivity index (χ1v) is 6.31. The largest absolute Gasteiger partial charge is 0.506 e. The number of nitrogens with zero attached hydrogens (tertiary/aromatic N) is 2. The summed E-state index contributed by atoms with van der Waals surface area (Å²) in [7, 11) is 0. The Labute approximate surface area is 116 Å². The van der Waals surface area contributed by atoms with Crippen LogP contribution in [0.25, 0.3) is 0 Å². The van der Waals surface area contributed by atoms with E-state index in [2.05, 4.69) is 9.88 Å². The van der Waals surface area contributed by atoms with Crippen molar-refractivity contribution in [2.75, 3.05) is 4.90 Å². The molecule has 1 aromatic heterocycles. The third-order valence-electron chi connectivity index (χ3n) is 3.62. The van der Waals surface area contributed by atoms with Crippen LogP contribution < -0.4 is 4.90 Å². The molecule has 2 N–H and O–H groups in total. The van der Waals surface area contributed by atoms with E-state index in [-0.39, 0.29) is 11.3 Å². The van der Waals surface area contributed by atoms with Crippen molar-refractivity contribution >= 4 is 11.7 Å². The number of pyridine rings is 1. The van der Waals surface area contributed by atoms with Crippen LogP contribution in [-0.4, -0.2) is 21.2 Å². The van der Waals surface area contributed by atoms with Gasteiger partial charge in [0.2, 0.25) is 0 Å². The normalized spacial score (nSPS) is 13.3. The number of aryl methyl sites for hydroxylation is 1. The Morgan fingerprint density at radius 1 is 1.25 bits per heavy atom. The number of hydrogen-bond donors (Lipinski definition) is 2. The number of anilines is 1. The average molecular weight is 270 g/mol. The van der Waals surface area contributed by atoms with Gasteiger partial charge in [0.1, 0.15) is 5.75 Å². The van der Waals surface area contributed by atoms with Crippen LogP contribution in [-0.2, 0) is 13.1 Å². The summed E-state index contributed by atoms with van der Waals surface area (Å²) in [6, 6.07) is 6.74. The molecule has 5 heteroatoms. The van der Waals surface area contributed by atoms with Gasteiger partial charge < -0.3 is 15.1 Å². The quantitative estimate of drug-likeness (QED) is 0.876. The van der Waals surface area contributed by atoms with Crippen molar-refractivity contribution < 1.29 is 15.0 Å². The van der Waals surface area contributed by atoms with Crippen molar-refractivity contribution in [3.8, 4) is 5.75 Å². The molecule has 20 heavy (non-hydrogen) atoms. The van der Waals surface area contributed by atoms with Crippen molar-refractivity contribution in [3.05, 3.63) is 52.8 Å². The molecule has 0 saturated carbocycles. The van der Waals surface area contributed by atoms with Crippen LogP contribution in [0.2, 0.25) is 0 Å². The number of aromatic hydroxyl groups is 1. The maximum Gasteiger partial charge on any atom is 0.335 e. The number of fused-ring (bicyclic) bond motifs is 1. The molecule has 2 heterocycles. The Kier molecular flexibility index (Phi) is 2.82. The van der Waals surface area contributed by atoms with Crippen LogP contribution in [0.5, 0.6) is 5.75 Å². The Morgan fingerprint density at radius 2 is 1.95 bits per heavy atom. The van der Waals surface area contributed by atoms with Gasteiger partial charge in [-0.2, -0.15) is 0 Å². The predicted octanol–water partition coefficient (Wildman–Crippen LogP) is 2.31. The lowest BCUT2D eigenvalue weighted by atomic mass is 10.1. The molecule has 0 radical (unpaired) electrons. The van der Waals surface area contributed by atoms with Gasteiger partial charge in [-0.15, -0.1) is 0 Å². The molecule has 0 spiro atoms. The van der Waals surface area contributed by atoms with E-state index >= 15 is 0 Å². The summed E-state index contributed by atoms with van der Waals surface area (Å²) in [4.78, 5) is 17.1. The number of hydrogen-bond acceptors (Lipinski definition) is 4. The van der Waals surface area contributed by atoms with E-state index in [1.54, 1.807) is 37.4 Å². The number of carbonyl (C=O) groups is 1. The molecule has 5 nitrogen and oxygen atoms in total. The molecule has 0 saturated heterocycles. The number of aromatic nitrogens is 1. The van der Waals surface area contributed by atoms with Gasteiger partial charge in [0.05, 0.1) is 11.3 Å². The lowest BCUT2D eigenvalue weighted by molar-refractivity contribution is 0.0697. The van der Waals surface area contributed by atoms with Crippen LogP contribution in [0.1, 0.15) is 27.2 Å².